The van der Waals surface area contributed by atoms with Crippen LogP contribution in [-0.2, 0) is 0 Å². The Morgan fingerprint density at radius 2 is 1.77 bits per heavy atom. The Bertz CT molecular complexity index is 795. The fourth-order valence-corrected chi connectivity index (χ4v) is 3.05. The first kappa shape index (κ1) is 14.9. The van der Waals surface area contributed by atoms with Crippen LogP contribution in [0.5, 0.6) is 0 Å². The summed E-state index contributed by atoms with van der Waals surface area (Å²) in [6.45, 7) is 6.18. The molecule has 4 heteroatoms. The van der Waals surface area contributed by atoms with E-state index in [1.807, 2.05) is 31.2 Å². The molecule has 2 aromatic carbocycles. The molecule has 0 radical (unpaired) electrons. The van der Waals surface area contributed by atoms with Gasteiger partial charge in [0.25, 0.3) is 0 Å². The Hall–Kier alpha value is -2.07. The van der Waals surface area contributed by atoms with Crippen molar-refractivity contribution >= 4 is 28.6 Å². The molecule has 112 valence electrons. The van der Waals surface area contributed by atoms with Gasteiger partial charge in [-0.05, 0) is 44.0 Å². The highest BCUT2D eigenvalue weighted by atomic mass is 32.2. The third-order valence-corrected chi connectivity index (χ3v) is 4.66. The number of Topliss-reactive ketones (excluding diaryl/α,β-unsaturated/α-hetero) is 1. The molecule has 0 aliphatic heterocycles. The first-order valence-electron chi connectivity index (χ1n) is 7.22. The molecule has 0 spiro atoms. The molecular formula is C18H18N2OS. The lowest BCUT2D eigenvalue weighted by atomic mass is 10.1. The number of aromatic nitrogens is 2. The molecule has 0 saturated heterocycles. The molecule has 0 atom stereocenters. The highest BCUT2D eigenvalue weighted by Gasteiger charge is 2.10. The van der Waals surface area contributed by atoms with Crippen molar-refractivity contribution in [3.05, 3.63) is 58.7 Å². The summed E-state index contributed by atoms with van der Waals surface area (Å²) in [5.41, 5.74) is 6.35. The average Bonchev–Trinajstić information content (AvgIpc) is 2.88. The van der Waals surface area contributed by atoms with Crippen LogP contribution in [0.15, 0.2) is 41.6 Å². The second-order valence-corrected chi connectivity index (χ2v) is 6.54. The van der Waals surface area contributed by atoms with E-state index in [1.165, 1.54) is 22.9 Å². The molecule has 0 bridgehead atoms. The van der Waals surface area contributed by atoms with E-state index < -0.39 is 0 Å². The lowest BCUT2D eigenvalue weighted by Gasteiger charge is -2.00. The number of carbonyl (C=O) groups is 1. The summed E-state index contributed by atoms with van der Waals surface area (Å²) in [5, 5.41) is 0.792. The number of rotatable bonds is 4. The topological polar surface area (TPSA) is 45.8 Å². The molecule has 0 aliphatic rings. The number of benzene rings is 2. The molecule has 3 nitrogen and oxygen atoms in total. The number of fused-ring (bicyclic) bond motifs is 1. The number of hydrogen-bond donors (Lipinski definition) is 1. The summed E-state index contributed by atoms with van der Waals surface area (Å²) in [5.74, 6) is 0.513. The van der Waals surface area contributed by atoms with Gasteiger partial charge in [0.05, 0.1) is 16.8 Å². The fraction of sp³-hybridized carbons (Fsp3) is 0.222. The summed E-state index contributed by atoms with van der Waals surface area (Å²) in [6, 6.07) is 11.9. The maximum Gasteiger partial charge on any atom is 0.173 e. The third-order valence-electron chi connectivity index (χ3n) is 3.79. The molecule has 3 aromatic rings. The molecule has 0 fully saturated rings. The second kappa shape index (κ2) is 5.97. The Morgan fingerprint density at radius 3 is 2.50 bits per heavy atom. The van der Waals surface area contributed by atoms with Gasteiger partial charge >= 0.3 is 0 Å². The smallest absolute Gasteiger partial charge is 0.173 e. The van der Waals surface area contributed by atoms with Gasteiger partial charge in [0.1, 0.15) is 0 Å². The number of carbonyl (C=O) groups excluding carboxylic acids is 1. The first-order chi connectivity index (χ1) is 10.5. The predicted molar refractivity (Wildman–Crippen MR) is 91.8 cm³/mol. The molecule has 0 unspecified atom stereocenters. The van der Waals surface area contributed by atoms with Crippen LogP contribution in [0.2, 0.25) is 0 Å². The van der Waals surface area contributed by atoms with Crippen LogP contribution in [0, 0.1) is 20.8 Å². The quantitative estimate of drug-likeness (QED) is 0.571. The van der Waals surface area contributed by atoms with Crippen molar-refractivity contribution in [1.82, 2.24) is 9.97 Å². The highest BCUT2D eigenvalue weighted by molar-refractivity contribution is 7.99. The minimum Gasteiger partial charge on any atom is -0.333 e. The van der Waals surface area contributed by atoms with Crippen LogP contribution in [0.4, 0.5) is 0 Å². The molecule has 0 saturated carbocycles. The minimum absolute atomic E-state index is 0.123. The van der Waals surface area contributed by atoms with E-state index >= 15 is 0 Å². The zero-order chi connectivity index (χ0) is 15.7. The SMILES string of the molecule is Cc1ccc(C(=O)CSc2nc3cc(C)c(C)cc3[nH]2)cc1. The zero-order valence-electron chi connectivity index (χ0n) is 12.9. The van der Waals surface area contributed by atoms with Crippen LogP contribution in [-0.4, -0.2) is 21.5 Å². The van der Waals surface area contributed by atoms with Gasteiger partial charge in [-0.1, -0.05) is 41.6 Å². The maximum atomic E-state index is 12.2. The lowest BCUT2D eigenvalue weighted by molar-refractivity contribution is 0.102. The van der Waals surface area contributed by atoms with Gasteiger partial charge in [-0.15, -0.1) is 0 Å². The van der Waals surface area contributed by atoms with E-state index in [9.17, 15) is 4.79 Å². The Kier molecular flexibility index (Phi) is 4.03. The van der Waals surface area contributed by atoms with Crippen molar-refractivity contribution < 1.29 is 4.79 Å². The van der Waals surface area contributed by atoms with E-state index in [1.54, 1.807) is 0 Å². The number of H-pyrrole nitrogens is 1. The van der Waals surface area contributed by atoms with Gasteiger partial charge in [0, 0.05) is 5.56 Å². The van der Waals surface area contributed by atoms with Gasteiger partial charge in [-0.2, -0.15) is 0 Å². The monoisotopic (exact) mass is 310 g/mol. The van der Waals surface area contributed by atoms with Gasteiger partial charge < -0.3 is 4.98 Å². The number of nitrogens with one attached hydrogen (secondary N) is 1. The van der Waals surface area contributed by atoms with Crippen LogP contribution < -0.4 is 0 Å². The van der Waals surface area contributed by atoms with Gasteiger partial charge in [-0.3, -0.25) is 4.79 Å². The molecule has 0 amide bonds. The van der Waals surface area contributed by atoms with E-state index in [4.69, 9.17) is 0 Å². The summed E-state index contributed by atoms with van der Waals surface area (Å²) in [6.07, 6.45) is 0. The molecule has 22 heavy (non-hydrogen) atoms. The average molecular weight is 310 g/mol. The van der Waals surface area contributed by atoms with Gasteiger partial charge in [-0.25, -0.2) is 4.98 Å². The standard InChI is InChI=1S/C18H18N2OS/c1-11-4-6-14(7-5-11)17(21)10-22-18-19-15-8-12(2)13(3)9-16(15)20-18/h4-9H,10H2,1-3H3,(H,19,20). The van der Waals surface area contributed by atoms with Crippen molar-refractivity contribution in [2.45, 2.75) is 25.9 Å². The summed E-state index contributed by atoms with van der Waals surface area (Å²) in [7, 11) is 0. The summed E-state index contributed by atoms with van der Waals surface area (Å²) < 4.78 is 0. The molecule has 1 N–H and O–H groups in total. The molecule has 0 aliphatic carbocycles. The number of imidazole rings is 1. The number of aryl methyl sites for hydroxylation is 3. The number of nitrogens with zero attached hydrogens (tertiary/aromatic N) is 1. The van der Waals surface area contributed by atoms with Crippen LogP contribution >= 0.6 is 11.8 Å². The van der Waals surface area contributed by atoms with E-state index in [0.29, 0.717) is 5.75 Å². The minimum atomic E-state index is 0.123. The van der Waals surface area contributed by atoms with E-state index in [-0.39, 0.29) is 5.78 Å². The Labute approximate surface area is 134 Å². The molecular weight excluding hydrogens is 292 g/mol. The van der Waals surface area contributed by atoms with E-state index in [2.05, 4.69) is 35.9 Å². The lowest BCUT2D eigenvalue weighted by Crippen LogP contribution is -2.02. The number of thioether (sulfide) groups is 1. The molecule has 3 rings (SSSR count). The second-order valence-electron chi connectivity index (χ2n) is 5.57. The van der Waals surface area contributed by atoms with Crippen LogP contribution in [0.25, 0.3) is 11.0 Å². The molecule has 1 aromatic heterocycles. The normalized spacial score (nSPS) is 11.0. The van der Waals surface area contributed by atoms with Crippen molar-refractivity contribution in [3.63, 3.8) is 0 Å². The van der Waals surface area contributed by atoms with Gasteiger partial charge in [0.2, 0.25) is 0 Å². The predicted octanol–water partition coefficient (Wildman–Crippen LogP) is 4.46. The summed E-state index contributed by atoms with van der Waals surface area (Å²) in [4.78, 5) is 20.0. The number of hydrogen-bond acceptors (Lipinski definition) is 3. The maximum absolute atomic E-state index is 12.2. The fourth-order valence-electron chi connectivity index (χ4n) is 2.27. The van der Waals surface area contributed by atoms with Crippen LogP contribution in [0.1, 0.15) is 27.0 Å². The molecule has 1 heterocycles. The largest absolute Gasteiger partial charge is 0.333 e. The van der Waals surface area contributed by atoms with Crippen molar-refractivity contribution in [1.29, 1.82) is 0 Å². The van der Waals surface area contributed by atoms with Gasteiger partial charge in [0.15, 0.2) is 10.9 Å². The van der Waals surface area contributed by atoms with Crippen molar-refractivity contribution in [3.8, 4) is 0 Å². The number of ketones is 1. The first-order valence-corrected chi connectivity index (χ1v) is 8.21. The van der Waals surface area contributed by atoms with Crippen molar-refractivity contribution in [2.75, 3.05) is 5.75 Å². The highest BCUT2D eigenvalue weighted by Crippen LogP contribution is 2.23. The van der Waals surface area contributed by atoms with Crippen LogP contribution in [0.3, 0.4) is 0 Å². The van der Waals surface area contributed by atoms with E-state index in [0.717, 1.165) is 27.3 Å². The zero-order valence-corrected chi connectivity index (χ0v) is 13.8. The number of aromatic amines is 1. The van der Waals surface area contributed by atoms with Crippen molar-refractivity contribution in [2.24, 2.45) is 0 Å². The third kappa shape index (κ3) is 3.07. The Balaban J connectivity index is 1.73. The Morgan fingerprint density at radius 1 is 1.09 bits per heavy atom. The summed E-state index contributed by atoms with van der Waals surface area (Å²) >= 11 is 1.45.